The molecule has 1 saturated heterocycles. The van der Waals surface area contributed by atoms with E-state index in [4.69, 9.17) is 16.3 Å². The molecule has 4 rings (SSSR count). The van der Waals surface area contributed by atoms with Crippen molar-refractivity contribution in [3.05, 3.63) is 64.2 Å². The van der Waals surface area contributed by atoms with E-state index in [1.165, 1.54) is 16.8 Å². The maximum Gasteiger partial charge on any atom is 0.410 e. The normalized spacial score (nSPS) is 19.3. The van der Waals surface area contributed by atoms with Gasteiger partial charge in [-0.3, -0.25) is 0 Å². The molecular formula is C20H21ClN2O2. The van der Waals surface area contributed by atoms with Crippen molar-refractivity contribution in [2.75, 3.05) is 18.0 Å². The SMILES string of the molecule is C[C@@H]1CN(Cc2ccc(CN3CCc4cc(Cl)ccc43)cc2)C(=O)O1. The Balaban J connectivity index is 1.41. The predicted octanol–water partition coefficient (Wildman–Crippen LogP) is 4.24. The molecule has 0 saturated carbocycles. The number of hydrogen-bond acceptors (Lipinski definition) is 3. The Morgan fingerprint density at radius 1 is 1.08 bits per heavy atom. The van der Waals surface area contributed by atoms with Crippen LogP contribution >= 0.6 is 11.6 Å². The van der Waals surface area contributed by atoms with Crippen molar-refractivity contribution in [3.63, 3.8) is 0 Å². The van der Waals surface area contributed by atoms with Gasteiger partial charge in [-0.05, 0) is 48.2 Å². The van der Waals surface area contributed by atoms with Gasteiger partial charge in [-0.15, -0.1) is 0 Å². The highest BCUT2D eigenvalue weighted by Gasteiger charge is 2.27. The van der Waals surface area contributed by atoms with Crippen LogP contribution in [0.3, 0.4) is 0 Å². The highest BCUT2D eigenvalue weighted by Crippen LogP contribution is 2.31. The van der Waals surface area contributed by atoms with E-state index in [1.807, 2.05) is 13.0 Å². The fraction of sp³-hybridized carbons (Fsp3) is 0.350. The molecule has 2 heterocycles. The van der Waals surface area contributed by atoms with Gasteiger partial charge in [0.2, 0.25) is 0 Å². The van der Waals surface area contributed by atoms with E-state index < -0.39 is 0 Å². The summed E-state index contributed by atoms with van der Waals surface area (Å²) < 4.78 is 5.17. The minimum Gasteiger partial charge on any atom is -0.444 e. The third-order valence-electron chi connectivity index (χ3n) is 4.84. The zero-order chi connectivity index (χ0) is 17.4. The number of amides is 1. The van der Waals surface area contributed by atoms with Crippen LogP contribution in [0, 0.1) is 0 Å². The third kappa shape index (κ3) is 3.45. The Morgan fingerprint density at radius 3 is 2.40 bits per heavy atom. The second-order valence-corrected chi connectivity index (χ2v) is 7.27. The zero-order valence-corrected chi connectivity index (χ0v) is 15.0. The molecule has 0 bridgehead atoms. The quantitative estimate of drug-likeness (QED) is 0.821. The van der Waals surface area contributed by atoms with Gasteiger partial charge in [-0.1, -0.05) is 35.9 Å². The van der Waals surface area contributed by atoms with Crippen molar-refractivity contribution in [3.8, 4) is 0 Å². The summed E-state index contributed by atoms with van der Waals surface area (Å²) in [7, 11) is 0. The summed E-state index contributed by atoms with van der Waals surface area (Å²) in [6, 6.07) is 14.6. The molecule has 5 heteroatoms. The van der Waals surface area contributed by atoms with Crippen molar-refractivity contribution in [2.24, 2.45) is 0 Å². The second-order valence-electron chi connectivity index (χ2n) is 6.84. The van der Waals surface area contributed by atoms with E-state index in [-0.39, 0.29) is 12.2 Å². The van der Waals surface area contributed by atoms with E-state index in [1.54, 1.807) is 4.90 Å². The van der Waals surface area contributed by atoms with Gasteiger partial charge in [0.05, 0.1) is 6.54 Å². The molecule has 2 aliphatic heterocycles. The summed E-state index contributed by atoms with van der Waals surface area (Å²) in [6.07, 6.45) is 0.808. The van der Waals surface area contributed by atoms with Gasteiger partial charge in [0.1, 0.15) is 6.10 Å². The fourth-order valence-corrected chi connectivity index (χ4v) is 3.79. The molecule has 130 valence electrons. The van der Waals surface area contributed by atoms with E-state index >= 15 is 0 Å². The van der Waals surface area contributed by atoms with Gasteiger partial charge >= 0.3 is 6.09 Å². The summed E-state index contributed by atoms with van der Waals surface area (Å²) in [4.78, 5) is 15.9. The number of hydrogen-bond donors (Lipinski definition) is 0. The van der Waals surface area contributed by atoms with Crippen LogP contribution in [0.4, 0.5) is 10.5 Å². The standard InChI is InChI=1S/C20H21ClN2O2/c1-14-11-23(20(24)25-14)13-16-4-2-15(3-5-16)12-22-9-8-17-10-18(21)6-7-19(17)22/h2-7,10,14H,8-9,11-13H2,1H3/t14-/m1/s1. The molecule has 25 heavy (non-hydrogen) atoms. The first-order chi connectivity index (χ1) is 12.1. The first-order valence-electron chi connectivity index (χ1n) is 8.65. The number of halogens is 1. The fourth-order valence-electron chi connectivity index (χ4n) is 3.59. The Hall–Kier alpha value is -2.20. The first kappa shape index (κ1) is 16.3. The minimum absolute atomic E-state index is 0.0180. The number of benzene rings is 2. The Bertz CT molecular complexity index is 791. The molecular weight excluding hydrogens is 336 g/mol. The van der Waals surface area contributed by atoms with E-state index in [2.05, 4.69) is 41.3 Å². The molecule has 1 amide bonds. The molecule has 0 aliphatic carbocycles. The maximum absolute atomic E-state index is 11.7. The van der Waals surface area contributed by atoms with Crippen LogP contribution < -0.4 is 4.90 Å². The molecule has 2 aromatic carbocycles. The molecule has 2 aliphatic rings. The lowest BCUT2D eigenvalue weighted by atomic mass is 10.1. The molecule has 0 unspecified atom stereocenters. The van der Waals surface area contributed by atoms with Gasteiger partial charge in [-0.25, -0.2) is 4.79 Å². The average Bonchev–Trinajstić information content (AvgIpc) is 3.12. The largest absolute Gasteiger partial charge is 0.444 e. The maximum atomic E-state index is 11.7. The molecule has 4 nitrogen and oxygen atoms in total. The summed E-state index contributed by atoms with van der Waals surface area (Å²) in [5.41, 5.74) is 5.00. The number of anilines is 1. The van der Waals surface area contributed by atoms with Gasteiger partial charge < -0.3 is 14.5 Å². The zero-order valence-electron chi connectivity index (χ0n) is 14.2. The van der Waals surface area contributed by atoms with Crippen molar-refractivity contribution in [2.45, 2.75) is 32.5 Å². The Kier molecular flexibility index (Phi) is 4.30. The number of nitrogens with zero attached hydrogens (tertiary/aromatic N) is 2. The van der Waals surface area contributed by atoms with Crippen molar-refractivity contribution >= 4 is 23.4 Å². The van der Waals surface area contributed by atoms with Crippen molar-refractivity contribution in [1.82, 2.24) is 4.90 Å². The van der Waals surface area contributed by atoms with Gasteiger partial charge in [-0.2, -0.15) is 0 Å². The molecule has 0 N–H and O–H groups in total. The van der Waals surface area contributed by atoms with E-state index in [0.29, 0.717) is 13.1 Å². The minimum atomic E-state index is -0.219. The van der Waals surface area contributed by atoms with E-state index in [0.717, 1.165) is 30.1 Å². The smallest absolute Gasteiger partial charge is 0.410 e. The van der Waals surface area contributed by atoms with Crippen LogP contribution in [0.5, 0.6) is 0 Å². The monoisotopic (exact) mass is 356 g/mol. The van der Waals surface area contributed by atoms with Gasteiger partial charge in [0, 0.05) is 30.3 Å². The number of carbonyl (C=O) groups is 1. The Morgan fingerprint density at radius 2 is 1.76 bits per heavy atom. The predicted molar refractivity (Wildman–Crippen MR) is 99.0 cm³/mol. The lowest BCUT2D eigenvalue weighted by Gasteiger charge is -2.20. The summed E-state index contributed by atoms with van der Waals surface area (Å²) in [5, 5.41) is 0.805. The van der Waals surface area contributed by atoms with E-state index in [9.17, 15) is 4.79 Å². The first-order valence-corrected chi connectivity index (χ1v) is 9.03. The summed E-state index contributed by atoms with van der Waals surface area (Å²) in [5.74, 6) is 0. The second kappa shape index (κ2) is 6.60. The van der Waals surface area contributed by atoms with Gasteiger partial charge in [0.25, 0.3) is 0 Å². The van der Waals surface area contributed by atoms with Crippen LogP contribution in [0.1, 0.15) is 23.6 Å². The lowest BCUT2D eigenvalue weighted by Crippen LogP contribution is -2.24. The summed E-state index contributed by atoms with van der Waals surface area (Å²) in [6.45, 7) is 5.09. The number of carbonyl (C=O) groups excluding carboxylic acids is 1. The van der Waals surface area contributed by atoms with Crippen LogP contribution in [0.15, 0.2) is 42.5 Å². The Labute approximate surface area is 152 Å². The number of rotatable bonds is 4. The van der Waals surface area contributed by atoms with Crippen LogP contribution in [0.25, 0.3) is 0 Å². The lowest BCUT2D eigenvalue weighted by molar-refractivity contribution is 0.137. The van der Waals surface area contributed by atoms with Crippen molar-refractivity contribution < 1.29 is 9.53 Å². The molecule has 0 spiro atoms. The number of cyclic esters (lactones) is 1. The molecule has 0 aromatic heterocycles. The molecule has 0 radical (unpaired) electrons. The molecule has 1 fully saturated rings. The van der Waals surface area contributed by atoms with Crippen LogP contribution in [-0.2, 0) is 24.2 Å². The average molecular weight is 357 g/mol. The van der Waals surface area contributed by atoms with Crippen molar-refractivity contribution in [1.29, 1.82) is 0 Å². The summed E-state index contributed by atoms with van der Waals surface area (Å²) >= 11 is 6.08. The highest BCUT2D eigenvalue weighted by atomic mass is 35.5. The molecule has 1 atom stereocenters. The van der Waals surface area contributed by atoms with Gasteiger partial charge in [0.15, 0.2) is 0 Å². The number of ether oxygens (including phenoxy) is 1. The van der Waals surface area contributed by atoms with Crippen LogP contribution in [-0.4, -0.2) is 30.2 Å². The molecule has 2 aromatic rings. The highest BCUT2D eigenvalue weighted by molar-refractivity contribution is 6.30. The number of fused-ring (bicyclic) bond motifs is 1. The van der Waals surface area contributed by atoms with Crippen LogP contribution in [0.2, 0.25) is 5.02 Å². The third-order valence-corrected chi connectivity index (χ3v) is 5.08. The topological polar surface area (TPSA) is 32.8 Å².